The number of rotatable bonds is 2. The quantitative estimate of drug-likeness (QED) is 0.581. The summed E-state index contributed by atoms with van der Waals surface area (Å²) in [5.74, 6) is 0.198. The van der Waals surface area contributed by atoms with Crippen LogP contribution in [0, 0.1) is 11.3 Å². The van der Waals surface area contributed by atoms with Gasteiger partial charge in [0.1, 0.15) is 16.9 Å². The first-order valence-electron chi connectivity index (χ1n) is 3.96. The molecular weight excluding hydrogens is 200 g/mol. The number of phenols is 1. The Morgan fingerprint density at radius 3 is 2.50 bits per heavy atom. The molecule has 2 N–H and O–H groups in total. The monoisotopic (exact) mass is 208 g/mol. The molecule has 0 aliphatic carbocycles. The molecule has 3 nitrogen and oxygen atoms in total. The zero-order valence-electron chi connectivity index (χ0n) is 7.58. The molecule has 0 saturated carbocycles. The van der Waals surface area contributed by atoms with E-state index in [0.29, 0.717) is 5.70 Å². The minimum Gasteiger partial charge on any atom is -0.508 e. The van der Waals surface area contributed by atoms with Gasteiger partial charge < -0.3 is 10.4 Å². The summed E-state index contributed by atoms with van der Waals surface area (Å²) in [5, 5.41) is 20.6. The fourth-order valence-corrected chi connectivity index (χ4v) is 0.947. The van der Waals surface area contributed by atoms with Crippen LogP contribution in [0.5, 0.6) is 5.75 Å². The Labute approximate surface area is 87.2 Å². The molecule has 72 valence electrons. The van der Waals surface area contributed by atoms with E-state index in [1.807, 2.05) is 6.07 Å². The first-order valence-corrected chi connectivity index (χ1v) is 4.34. The summed E-state index contributed by atoms with van der Waals surface area (Å²) in [5.41, 5.74) is 1.36. The van der Waals surface area contributed by atoms with Crippen molar-refractivity contribution in [3.8, 4) is 11.8 Å². The minimum absolute atomic E-state index is 0.123. The second-order valence-corrected chi connectivity index (χ2v) is 3.10. The molecule has 0 fully saturated rings. The average molecular weight is 209 g/mol. The van der Waals surface area contributed by atoms with E-state index in [9.17, 15) is 0 Å². The number of allylic oxidation sites excluding steroid dienone is 2. The van der Waals surface area contributed by atoms with Crippen molar-refractivity contribution in [3.63, 3.8) is 0 Å². The highest BCUT2D eigenvalue weighted by molar-refractivity contribution is 6.32. The van der Waals surface area contributed by atoms with Crippen LogP contribution in [0.15, 0.2) is 35.0 Å². The van der Waals surface area contributed by atoms with Crippen LogP contribution < -0.4 is 5.32 Å². The molecule has 0 spiro atoms. The second kappa shape index (κ2) is 4.54. The van der Waals surface area contributed by atoms with Crippen LogP contribution >= 0.6 is 11.6 Å². The van der Waals surface area contributed by atoms with E-state index in [-0.39, 0.29) is 10.8 Å². The summed E-state index contributed by atoms with van der Waals surface area (Å²) in [6, 6.07) is 8.32. The highest BCUT2D eigenvalue weighted by Gasteiger charge is 1.98. The standard InChI is InChI=1S/C10H9ClN2O/c1-7(10(11)6-12)13-8-2-4-9(14)5-3-8/h2-5,13-14H,1H3/b10-7-. The van der Waals surface area contributed by atoms with Gasteiger partial charge in [0.05, 0.1) is 0 Å². The van der Waals surface area contributed by atoms with Crippen molar-refractivity contribution in [1.29, 1.82) is 5.26 Å². The molecule has 0 radical (unpaired) electrons. The molecule has 0 aliphatic rings. The van der Waals surface area contributed by atoms with Gasteiger partial charge in [-0.05, 0) is 31.2 Å². The third-order valence-corrected chi connectivity index (χ3v) is 1.99. The van der Waals surface area contributed by atoms with Crippen LogP contribution in [0.25, 0.3) is 0 Å². The number of anilines is 1. The lowest BCUT2D eigenvalue weighted by atomic mass is 10.3. The number of hydrogen-bond acceptors (Lipinski definition) is 3. The van der Waals surface area contributed by atoms with Gasteiger partial charge in [-0.1, -0.05) is 11.6 Å². The van der Waals surface area contributed by atoms with Crippen LogP contribution in [0.2, 0.25) is 0 Å². The number of aromatic hydroxyl groups is 1. The van der Waals surface area contributed by atoms with E-state index in [2.05, 4.69) is 5.32 Å². The lowest BCUT2D eigenvalue weighted by Crippen LogP contribution is -1.96. The number of nitriles is 1. The van der Waals surface area contributed by atoms with Crippen molar-refractivity contribution >= 4 is 17.3 Å². The van der Waals surface area contributed by atoms with Crippen LogP contribution in [0.4, 0.5) is 5.69 Å². The molecule has 0 aliphatic heterocycles. The average Bonchev–Trinajstić information content (AvgIpc) is 2.20. The molecule has 1 rings (SSSR count). The van der Waals surface area contributed by atoms with E-state index in [1.165, 1.54) is 0 Å². The number of halogens is 1. The molecule has 1 aromatic rings. The fraction of sp³-hybridized carbons (Fsp3) is 0.100. The van der Waals surface area contributed by atoms with Gasteiger partial charge in [-0.15, -0.1) is 0 Å². The van der Waals surface area contributed by atoms with Gasteiger partial charge in [-0.3, -0.25) is 0 Å². The Balaban J connectivity index is 2.81. The number of nitrogens with one attached hydrogen (secondary N) is 1. The first-order chi connectivity index (χ1) is 6.63. The van der Waals surface area contributed by atoms with Crippen molar-refractivity contribution in [3.05, 3.63) is 35.0 Å². The molecule has 14 heavy (non-hydrogen) atoms. The lowest BCUT2D eigenvalue weighted by Gasteiger charge is -2.05. The van der Waals surface area contributed by atoms with Crippen LogP contribution in [0.1, 0.15) is 6.92 Å². The van der Waals surface area contributed by atoms with Crippen LogP contribution in [-0.2, 0) is 0 Å². The molecule has 0 unspecified atom stereocenters. The summed E-state index contributed by atoms with van der Waals surface area (Å²) < 4.78 is 0. The highest BCUT2D eigenvalue weighted by atomic mass is 35.5. The van der Waals surface area contributed by atoms with Crippen molar-refractivity contribution < 1.29 is 5.11 Å². The van der Waals surface area contributed by atoms with Gasteiger partial charge in [0.25, 0.3) is 0 Å². The smallest absolute Gasteiger partial charge is 0.137 e. The minimum atomic E-state index is 0.123. The normalized spacial score (nSPS) is 11.5. The Kier molecular flexibility index (Phi) is 3.38. The number of benzene rings is 1. The van der Waals surface area contributed by atoms with E-state index < -0.39 is 0 Å². The SMILES string of the molecule is C/C(Nc1ccc(O)cc1)=C(/Cl)C#N. The fourth-order valence-electron chi connectivity index (χ4n) is 0.900. The van der Waals surface area contributed by atoms with E-state index >= 15 is 0 Å². The summed E-state index contributed by atoms with van der Waals surface area (Å²) >= 11 is 5.60. The van der Waals surface area contributed by atoms with Crippen molar-refractivity contribution in [2.75, 3.05) is 5.32 Å². The summed E-state index contributed by atoms with van der Waals surface area (Å²) in [6.07, 6.45) is 0. The second-order valence-electron chi connectivity index (χ2n) is 2.72. The lowest BCUT2D eigenvalue weighted by molar-refractivity contribution is 0.475. The Bertz CT molecular complexity index is 390. The first kappa shape index (κ1) is 10.4. The Morgan fingerprint density at radius 2 is 2.00 bits per heavy atom. The molecule has 1 aromatic carbocycles. The molecule has 0 amide bonds. The van der Waals surface area contributed by atoms with Gasteiger partial charge >= 0.3 is 0 Å². The van der Waals surface area contributed by atoms with Gasteiger partial charge in [-0.2, -0.15) is 5.26 Å². The molecule has 0 bridgehead atoms. The molecule has 0 aromatic heterocycles. The molecular formula is C10H9ClN2O. The summed E-state index contributed by atoms with van der Waals surface area (Å²) in [4.78, 5) is 0. The molecule has 0 atom stereocenters. The van der Waals surface area contributed by atoms with Crippen LogP contribution in [-0.4, -0.2) is 5.11 Å². The van der Waals surface area contributed by atoms with Crippen molar-refractivity contribution in [2.24, 2.45) is 0 Å². The van der Waals surface area contributed by atoms with Crippen molar-refractivity contribution in [1.82, 2.24) is 0 Å². The predicted octanol–water partition coefficient (Wildman–Crippen LogP) is 2.80. The van der Waals surface area contributed by atoms with Crippen molar-refractivity contribution in [2.45, 2.75) is 6.92 Å². The van der Waals surface area contributed by atoms with Gasteiger partial charge in [0.2, 0.25) is 0 Å². The highest BCUT2D eigenvalue weighted by Crippen LogP contribution is 2.17. The topological polar surface area (TPSA) is 56.0 Å². The molecule has 0 saturated heterocycles. The number of hydrogen-bond donors (Lipinski definition) is 2. The maximum atomic E-state index is 9.03. The third kappa shape index (κ3) is 2.68. The number of phenolic OH excluding ortho intramolecular Hbond substituents is 1. The largest absolute Gasteiger partial charge is 0.508 e. The zero-order chi connectivity index (χ0) is 10.6. The van der Waals surface area contributed by atoms with E-state index in [4.69, 9.17) is 22.0 Å². The summed E-state index contributed by atoms with van der Waals surface area (Å²) in [6.45, 7) is 1.71. The Hall–Kier alpha value is -1.66. The van der Waals surface area contributed by atoms with Gasteiger partial charge in [-0.25, -0.2) is 0 Å². The summed E-state index contributed by atoms with van der Waals surface area (Å²) in [7, 11) is 0. The predicted molar refractivity (Wildman–Crippen MR) is 55.9 cm³/mol. The van der Waals surface area contributed by atoms with Gasteiger partial charge in [0.15, 0.2) is 0 Å². The number of nitrogens with zero attached hydrogens (tertiary/aromatic N) is 1. The van der Waals surface area contributed by atoms with E-state index in [1.54, 1.807) is 31.2 Å². The van der Waals surface area contributed by atoms with E-state index in [0.717, 1.165) is 5.69 Å². The molecule has 0 heterocycles. The maximum absolute atomic E-state index is 9.03. The van der Waals surface area contributed by atoms with Gasteiger partial charge in [0, 0.05) is 11.4 Å². The maximum Gasteiger partial charge on any atom is 0.137 e. The Morgan fingerprint density at radius 1 is 1.43 bits per heavy atom. The van der Waals surface area contributed by atoms with Crippen LogP contribution in [0.3, 0.4) is 0 Å². The molecule has 4 heteroatoms. The third-order valence-electron chi connectivity index (χ3n) is 1.63. The zero-order valence-corrected chi connectivity index (χ0v) is 8.34.